The van der Waals surface area contributed by atoms with E-state index in [-0.39, 0.29) is 17.8 Å². The quantitative estimate of drug-likeness (QED) is 0.158. The Labute approximate surface area is 269 Å². The predicted molar refractivity (Wildman–Crippen MR) is 180 cm³/mol. The summed E-state index contributed by atoms with van der Waals surface area (Å²) in [5.74, 6) is 0.892. The van der Waals surface area contributed by atoms with E-state index in [0.29, 0.717) is 34.6 Å². The lowest BCUT2D eigenvalue weighted by Gasteiger charge is -2.42. The molecule has 3 fully saturated rings. The number of piperidine rings is 1. The van der Waals surface area contributed by atoms with E-state index in [1.807, 2.05) is 18.2 Å². The second-order valence-corrected chi connectivity index (χ2v) is 12.9. The summed E-state index contributed by atoms with van der Waals surface area (Å²) < 4.78 is 0. The third-order valence-corrected chi connectivity index (χ3v) is 9.82. The van der Waals surface area contributed by atoms with Crippen molar-refractivity contribution in [1.29, 1.82) is 0 Å². The van der Waals surface area contributed by atoms with Crippen LogP contribution in [0, 0.1) is 0 Å². The molecular weight excluding hydrogens is 582 g/mol. The number of likely N-dealkylation sites (N-methyl/N-ethyl adjacent to an activating group) is 1. The van der Waals surface area contributed by atoms with Crippen LogP contribution < -0.4 is 21.3 Å². The zero-order chi connectivity index (χ0) is 31.6. The SMILES string of the molecule is CN1CCN(C2CCN(c3ccc(Nc4nc(NC5CCC(O)CC5)c(-c5nccc6[nH]cnc56)nc4C(N)O)cc3)CC2)CC1. The summed E-state index contributed by atoms with van der Waals surface area (Å²) in [4.78, 5) is 29.5. The number of imidazole rings is 1. The first-order valence-electron chi connectivity index (χ1n) is 16.5. The van der Waals surface area contributed by atoms with Crippen molar-refractivity contribution in [2.45, 2.75) is 62.9 Å². The van der Waals surface area contributed by atoms with Crippen molar-refractivity contribution >= 4 is 34.0 Å². The molecule has 1 atom stereocenters. The van der Waals surface area contributed by atoms with E-state index in [0.717, 1.165) is 63.1 Å². The van der Waals surface area contributed by atoms with Crippen LogP contribution in [0.25, 0.3) is 22.4 Å². The van der Waals surface area contributed by atoms with Crippen LogP contribution in [0.15, 0.2) is 42.9 Å². The van der Waals surface area contributed by atoms with E-state index in [1.165, 1.54) is 31.6 Å². The zero-order valence-electron chi connectivity index (χ0n) is 26.4. The van der Waals surface area contributed by atoms with Gasteiger partial charge in [-0.1, -0.05) is 0 Å². The minimum atomic E-state index is -1.37. The van der Waals surface area contributed by atoms with Crippen molar-refractivity contribution in [3.8, 4) is 11.4 Å². The Hall–Kier alpha value is -3.88. The van der Waals surface area contributed by atoms with E-state index in [1.54, 1.807) is 12.5 Å². The van der Waals surface area contributed by atoms with Crippen molar-refractivity contribution in [2.75, 3.05) is 61.8 Å². The van der Waals surface area contributed by atoms with Crippen molar-refractivity contribution in [3.63, 3.8) is 0 Å². The molecule has 46 heavy (non-hydrogen) atoms. The molecule has 3 aromatic heterocycles. The number of fused-ring (bicyclic) bond motifs is 1. The molecular formula is C33H45N11O2. The topological polar surface area (TPSA) is 168 Å². The summed E-state index contributed by atoms with van der Waals surface area (Å²) in [5, 5.41) is 27.6. The average molecular weight is 628 g/mol. The maximum atomic E-state index is 10.6. The Kier molecular flexibility index (Phi) is 9.00. The van der Waals surface area contributed by atoms with Gasteiger partial charge in [-0.25, -0.2) is 15.0 Å². The van der Waals surface area contributed by atoms with E-state index in [9.17, 15) is 10.2 Å². The second kappa shape index (κ2) is 13.5. The monoisotopic (exact) mass is 627 g/mol. The molecule has 2 saturated heterocycles. The van der Waals surface area contributed by atoms with Gasteiger partial charge in [-0.15, -0.1) is 0 Å². The molecule has 3 aliphatic rings. The third-order valence-electron chi connectivity index (χ3n) is 9.82. The van der Waals surface area contributed by atoms with Gasteiger partial charge in [0, 0.05) is 68.9 Å². The highest BCUT2D eigenvalue weighted by atomic mass is 16.3. The highest BCUT2D eigenvalue weighted by molar-refractivity contribution is 5.91. The summed E-state index contributed by atoms with van der Waals surface area (Å²) >= 11 is 0. The maximum Gasteiger partial charge on any atom is 0.158 e. The Balaban J connectivity index is 1.12. The van der Waals surface area contributed by atoms with Gasteiger partial charge >= 0.3 is 0 Å². The molecule has 0 spiro atoms. The fourth-order valence-electron chi connectivity index (χ4n) is 7.04. The molecule has 1 aromatic carbocycles. The molecule has 5 heterocycles. The summed E-state index contributed by atoms with van der Waals surface area (Å²) in [6.07, 6.45) is 7.08. The standard InChI is InChI=1S/C33H45N11O2/c1-42-16-18-44(19-17-42)24-11-14-43(15-12-24)23-6-2-21(3-7-23)39-33-30(31(34)46)40-29(28-27-26(10-13-35-28)36-20-37-27)32(41-33)38-22-4-8-25(45)9-5-22/h2-3,6-7,10,13,20,22,24-25,31,45-46H,4-5,8-9,11-12,14-19,34H2,1H3,(H,36,37)(H2,38,39,41). The highest BCUT2D eigenvalue weighted by Crippen LogP contribution is 2.35. The Bertz CT molecular complexity index is 1600. The molecule has 244 valence electrons. The van der Waals surface area contributed by atoms with Crippen LogP contribution in [0.5, 0.6) is 0 Å². The third kappa shape index (κ3) is 6.65. The fourth-order valence-corrected chi connectivity index (χ4v) is 7.04. The number of nitrogens with zero attached hydrogens (tertiary/aromatic N) is 7. The number of rotatable bonds is 8. The molecule has 7 N–H and O–H groups in total. The van der Waals surface area contributed by atoms with Crippen LogP contribution in [-0.2, 0) is 0 Å². The van der Waals surface area contributed by atoms with Crippen molar-refractivity contribution in [2.24, 2.45) is 5.73 Å². The van der Waals surface area contributed by atoms with Gasteiger partial charge < -0.3 is 41.4 Å². The predicted octanol–water partition coefficient (Wildman–Crippen LogP) is 3.04. The Morgan fingerprint density at radius 2 is 1.61 bits per heavy atom. The number of pyridine rings is 1. The van der Waals surface area contributed by atoms with Crippen molar-refractivity contribution in [3.05, 3.63) is 48.5 Å². The van der Waals surface area contributed by atoms with Gasteiger partial charge in [0.25, 0.3) is 0 Å². The van der Waals surface area contributed by atoms with Gasteiger partial charge in [0.15, 0.2) is 11.6 Å². The maximum absolute atomic E-state index is 10.6. The Morgan fingerprint density at radius 1 is 0.870 bits per heavy atom. The fraction of sp³-hybridized carbons (Fsp3) is 0.515. The van der Waals surface area contributed by atoms with Crippen molar-refractivity contribution in [1.82, 2.24) is 34.7 Å². The largest absolute Gasteiger partial charge is 0.393 e. The van der Waals surface area contributed by atoms with E-state index in [2.05, 4.69) is 59.5 Å². The number of nitrogens with two attached hydrogens (primary N) is 1. The number of hydrogen-bond acceptors (Lipinski definition) is 12. The van der Waals surface area contributed by atoms with Gasteiger partial charge in [-0.3, -0.25) is 9.88 Å². The number of piperazine rings is 1. The molecule has 0 amide bonds. The second-order valence-electron chi connectivity index (χ2n) is 12.9. The summed E-state index contributed by atoms with van der Waals surface area (Å²) in [6, 6.07) is 11.0. The smallest absolute Gasteiger partial charge is 0.158 e. The van der Waals surface area contributed by atoms with Crippen LogP contribution in [-0.4, -0.2) is 109 Å². The van der Waals surface area contributed by atoms with Crippen LogP contribution in [0.4, 0.5) is 23.0 Å². The Morgan fingerprint density at radius 3 is 2.33 bits per heavy atom. The van der Waals surface area contributed by atoms with Gasteiger partial charge in [0.2, 0.25) is 0 Å². The number of benzene rings is 1. The van der Waals surface area contributed by atoms with E-state index < -0.39 is 6.23 Å². The molecule has 13 nitrogen and oxygen atoms in total. The highest BCUT2D eigenvalue weighted by Gasteiger charge is 2.28. The molecule has 4 aromatic rings. The van der Waals surface area contributed by atoms with Gasteiger partial charge in [-0.05, 0) is 75.9 Å². The lowest BCUT2D eigenvalue weighted by molar-refractivity contribution is 0.0982. The normalized spacial score (nSPS) is 22.7. The molecule has 1 saturated carbocycles. The minimum absolute atomic E-state index is 0.107. The van der Waals surface area contributed by atoms with Crippen LogP contribution >= 0.6 is 0 Å². The lowest BCUT2D eigenvalue weighted by Crippen LogP contribution is -2.52. The number of aliphatic hydroxyl groups is 2. The molecule has 1 aliphatic carbocycles. The first-order valence-corrected chi connectivity index (χ1v) is 16.5. The summed E-state index contributed by atoms with van der Waals surface area (Å²) in [7, 11) is 2.21. The molecule has 0 bridgehead atoms. The number of aromatic nitrogens is 5. The van der Waals surface area contributed by atoms with E-state index >= 15 is 0 Å². The van der Waals surface area contributed by atoms with Gasteiger partial charge in [-0.2, -0.15) is 0 Å². The lowest BCUT2D eigenvalue weighted by atomic mass is 9.93. The van der Waals surface area contributed by atoms with Crippen molar-refractivity contribution < 1.29 is 10.2 Å². The first-order chi connectivity index (χ1) is 22.4. The molecule has 0 radical (unpaired) electrons. The number of nitrogens with one attached hydrogen (secondary N) is 3. The molecule has 1 unspecified atom stereocenters. The molecule has 7 rings (SSSR count). The average Bonchev–Trinajstić information content (AvgIpc) is 3.56. The zero-order valence-corrected chi connectivity index (χ0v) is 26.4. The van der Waals surface area contributed by atoms with Gasteiger partial charge in [0.05, 0.1) is 17.9 Å². The minimum Gasteiger partial charge on any atom is -0.393 e. The van der Waals surface area contributed by atoms with Crippen LogP contribution in [0.2, 0.25) is 0 Å². The number of hydrogen-bond donors (Lipinski definition) is 6. The number of aromatic amines is 1. The summed E-state index contributed by atoms with van der Waals surface area (Å²) in [6.45, 7) is 6.74. The van der Waals surface area contributed by atoms with Crippen LogP contribution in [0.3, 0.4) is 0 Å². The van der Waals surface area contributed by atoms with Crippen LogP contribution in [0.1, 0.15) is 50.4 Å². The van der Waals surface area contributed by atoms with E-state index in [4.69, 9.17) is 15.7 Å². The van der Waals surface area contributed by atoms with Gasteiger partial charge in [0.1, 0.15) is 28.8 Å². The number of aliphatic hydroxyl groups excluding tert-OH is 2. The summed E-state index contributed by atoms with van der Waals surface area (Å²) in [5.41, 5.74) is 10.8. The molecule has 2 aliphatic heterocycles. The number of H-pyrrole nitrogens is 1. The number of anilines is 4. The first kappa shape index (κ1) is 30.8. The molecule has 13 heteroatoms.